The maximum Gasteiger partial charge on any atom is 0.326 e. The van der Waals surface area contributed by atoms with Gasteiger partial charge in [-0.25, -0.2) is 4.79 Å². The lowest BCUT2D eigenvalue weighted by molar-refractivity contribution is -0.144. The molecule has 0 aromatic rings. The Morgan fingerprint density at radius 2 is 1.86 bits per heavy atom. The summed E-state index contributed by atoms with van der Waals surface area (Å²) in [5.74, 6) is -2.31. The van der Waals surface area contributed by atoms with Crippen molar-refractivity contribution in [2.75, 3.05) is 13.1 Å². The first kappa shape index (κ1) is 22.1. The van der Waals surface area contributed by atoms with E-state index < -0.39 is 30.0 Å². The van der Waals surface area contributed by atoms with Gasteiger partial charge in [-0.05, 0) is 45.1 Å². The molecule has 4 N–H and O–H groups in total. The molecule has 5 unspecified atom stereocenters. The van der Waals surface area contributed by atoms with Crippen molar-refractivity contribution in [1.82, 2.24) is 20.9 Å². The first-order valence-corrected chi connectivity index (χ1v) is 10.1. The van der Waals surface area contributed by atoms with E-state index in [9.17, 15) is 24.3 Å². The van der Waals surface area contributed by atoms with Crippen LogP contribution < -0.4 is 16.0 Å². The van der Waals surface area contributed by atoms with E-state index >= 15 is 0 Å². The molecule has 158 valence electrons. The van der Waals surface area contributed by atoms with E-state index in [2.05, 4.69) is 16.0 Å². The summed E-state index contributed by atoms with van der Waals surface area (Å²) < 4.78 is 0. The molecule has 0 bridgehead atoms. The smallest absolute Gasteiger partial charge is 0.326 e. The summed E-state index contributed by atoms with van der Waals surface area (Å²) in [6, 6.07) is -2.72. The Morgan fingerprint density at radius 3 is 2.43 bits per heavy atom. The molecule has 2 fully saturated rings. The number of aliphatic carboxylic acids is 1. The molecule has 0 saturated carbocycles. The number of hydrogen-bond acceptors (Lipinski definition) is 5. The molecule has 2 aliphatic rings. The van der Waals surface area contributed by atoms with Gasteiger partial charge in [-0.15, -0.1) is 0 Å². The second-order valence-electron chi connectivity index (χ2n) is 7.78. The number of nitrogens with one attached hydrogen (secondary N) is 3. The molecule has 2 saturated heterocycles. The normalized spacial score (nSPS) is 25.0. The van der Waals surface area contributed by atoms with Crippen LogP contribution in [0.25, 0.3) is 0 Å². The highest BCUT2D eigenvalue weighted by atomic mass is 16.4. The van der Waals surface area contributed by atoms with Crippen LogP contribution in [-0.2, 0) is 19.2 Å². The lowest BCUT2D eigenvalue weighted by atomic mass is 9.99. The SMILES string of the molecule is CCC(C)C(NC(=O)C(C)NC(=O)C1CCCN1C(=O)C1CCCN1)C(=O)O. The number of carboxylic acids is 1. The van der Waals surface area contributed by atoms with Gasteiger partial charge in [-0.3, -0.25) is 14.4 Å². The average Bonchev–Trinajstić information content (AvgIpc) is 3.36. The van der Waals surface area contributed by atoms with Crippen molar-refractivity contribution < 1.29 is 24.3 Å². The largest absolute Gasteiger partial charge is 0.480 e. The van der Waals surface area contributed by atoms with Crippen molar-refractivity contribution in [2.24, 2.45) is 5.92 Å². The number of rotatable bonds is 8. The standard InChI is InChI=1S/C19H32N4O5/c1-4-11(2)15(19(27)28)22-16(24)12(3)21-17(25)14-8-6-10-23(14)18(26)13-7-5-9-20-13/h11-15,20H,4-10H2,1-3H3,(H,21,25)(H,22,24)(H,27,28). The van der Waals surface area contributed by atoms with E-state index in [1.807, 2.05) is 6.92 Å². The van der Waals surface area contributed by atoms with E-state index in [-0.39, 0.29) is 23.8 Å². The Labute approximate surface area is 165 Å². The number of carbonyl (C=O) groups is 4. The maximum atomic E-state index is 12.7. The van der Waals surface area contributed by atoms with Crippen LogP contribution in [0.5, 0.6) is 0 Å². The van der Waals surface area contributed by atoms with Crippen LogP contribution in [0.2, 0.25) is 0 Å². The molecule has 0 radical (unpaired) electrons. The van der Waals surface area contributed by atoms with E-state index in [1.54, 1.807) is 11.8 Å². The van der Waals surface area contributed by atoms with Crippen LogP contribution in [-0.4, -0.2) is 71.0 Å². The molecule has 5 atom stereocenters. The molecular formula is C19H32N4O5. The van der Waals surface area contributed by atoms with Crippen LogP contribution in [0.3, 0.4) is 0 Å². The van der Waals surface area contributed by atoms with Gasteiger partial charge in [0.25, 0.3) is 0 Å². The van der Waals surface area contributed by atoms with Crippen LogP contribution in [0.15, 0.2) is 0 Å². The molecule has 0 spiro atoms. The fourth-order valence-electron chi connectivity index (χ4n) is 3.74. The van der Waals surface area contributed by atoms with Crippen molar-refractivity contribution in [3.05, 3.63) is 0 Å². The summed E-state index contributed by atoms with van der Waals surface area (Å²) >= 11 is 0. The summed E-state index contributed by atoms with van der Waals surface area (Å²) in [5.41, 5.74) is 0. The van der Waals surface area contributed by atoms with Gasteiger partial charge in [-0.2, -0.15) is 0 Å². The summed E-state index contributed by atoms with van der Waals surface area (Å²) in [6.45, 7) is 6.46. The first-order valence-electron chi connectivity index (χ1n) is 10.1. The molecular weight excluding hydrogens is 364 g/mol. The number of amides is 3. The first-order chi connectivity index (χ1) is 13.3. The van der Waals surface area contributed by atoms with Crippen molar-refractivity contribution in [1.29, 1.82) is 0 Å². The lowest BCUT2D eigenvalue weighted by Gasteiger charge is -2.28. The summed E-state index contributed by atoms with van der Waals surface area (Å²) in [5, 5.41) is 17.6. The summed E-state index contributed by atoms with van der Waals surface area (Å²) in [4.78, 5) is 50.7. The van der Waals surface area contributed by atoms with Gasteiger partial charge < -0.3 is 26.0 Å². The van der Waals surface area contributed by atoms with Crippen LogP contribution in [0.1, 0.15) is 52.9 Å². The van der Waals surface area contributed by atoms with Crippen LogP contribution in [0, 0.1) is 5.92 Å². The van der Waals surface area contributed by atoms with Gasteiger partial charge in [0.05, 0.1) is 6.04 Å². The van der Waals surface area contributed by atoms with E-state index in [1.165, 1.54) is 6.92 Å². The Morgan fingerprint density at radius 1 is 1.14 bits per heavy atom. The predicted octanol–water partition coefficient (Wildman–Crippen LogP) is -0.150. The van der Waals surface area contributed by atoms with Crippen molar-refractivity contribution in [2.45, 2.75) is 77.0 Å². The second-order valence-corrected chi connectivity index (χ2v) is 7.78. The third kappa shape index (κ3) is 5.21. The van der Waals surface area contributed by atoms with Crippen LogP contribution in [0.4, 0.5) is 0 Å². The fraction of sp³-hybridized carbons (Fsp3) is 0.789. The van der Waals surface area contributed by atoms with Gasteiger partial charge in [0.15, 0.2) is 0 Å². The molecule has 2 heterocycles. The number of likely N-dealkylation sites (tertiary alicyclic amines) is 1. The van der Waals surface area contributed by atoms with Gasteiger partial charge in [-0.1, -0.05) is 20.3 Å². The molecule has 0 aromatic carbocycles. The minimum absolute atomic E-state index is 0.0602. The molecule has 2 aliphatic heterocycles. The quantitative estimate of drug-likeness (QED) is 0.452. The highest BCUT2D eigenvalue weighted by Gasteiger charge is 2.38. The number of carbonyl (C=O) groups excluding carboxylic acids is 3. The molecule has 2 rings (SSSR count). The zero-order chi connectivity index (χ0) is 20.8. The molecule has 9 nitrogen and oxygen atoms in total. The van der Waals surface area contributed by atoms with E-state index in [0.29, 0.717) is 19.4 Å². The molecule has 0 aromatic heterocycles. The zero-order valence-corrected chi connectivity index (χ0v) is 16.9. The monoisotopic (exact) mass is 396 g/mol. The topological polar surface area (TPSA) is 128 Å². The van der Waals surface area contributed by atoms with Gasteiger partial charge in [0.1, 0.15) is 18.1 Å². The van der Waals surface area contributed by atoms with Gasteiger partial charge >= 0.3 is 5.97 Å². The summed E-state index contributed by atoms with van der Waals surface area (Å²) in [7, 11) is 0. The fourth-order valence-corrected chi connectivity index (χ4v) is 3.74. The third-order valence-corrected chi connectivity index (χ3v) is 5.73. The Balaban J connectivity index is 1.93. The number of hydrogen-bond donors (Lipinski definition) is 4. The molecule has 0 aliphatic carbocycles. The highest BCUT2D eigenvalue weighted by molar-refractivity contribution is 5.94. The van der Waals surface area contributed by atoms with Crippen molar-refractivity contribution >= 4 is 23.7 Å². The van der Waals surface area contributed by atoms with Gasteiger partial charge in [0.2, 0.25) is 17.7 Å². The Bertz CT molecular complexity index is 605. The van der Waals surface area contributed by atoms with Crippen molar-refractivity contribution in [3.8, 4) is 0 Å². The minimum atomic E-state index is -1.10. The molecule has 9 heteroatoms. The van der Waals surface area contributed by atoms with Crippen LogP contribution >= 0.6 is 0 Å². The second kappa shape index (κ2) is 9.86. The Hall–Kier alpha value is -2.16. The predicted molar refractivity (Wildman–Crippen MR) is 102 cm³/mol. The van der Waals surface area contributed by atoms with E-state index in [0.717, 1.165) is 25.8 Å². The maximum absolute atomic E-state index is 12.7. The van der Waals surface area contributed by atoms with E-state index in [4.69, 9.17) is 0 Å². The van der Waals surface area contributed by atoms with Gasteiger partial charge in [0, 0.05) is 6.54 Å². The minimum Gasteiger partial charge on any atom is -0.480 e. The number of carboxylic acid groups (broad SMARTS) is 1. The zero-order valence-electron chi connectivity index (χ0n) is 16.9. The summed E-state index contributed by atoms with van der Waals surface area (Å²) in [6.07, 6.45) is 3.62. The lowest BCUT2D eigenvalue weighted by Crippen LogP contribution is -2.56. The van der Waals surface area contributed by atoms with Crippen molar-refractivity contribution in [3.63, 3.8) is 0 Å². The highest BCUT2D eigenvalue weighted by Crippen LogP contribution is 2.21. The average molecular weight is 396 g/mol. The third-order valence-electron chi connectivity index (χ3n) is 5.73. The molecule has 3 amide bonds. The number of nitrogens with zero attached hydrogens (tertiary/aromatic N) is 1. The Kier molecular flexibility index (Phi) is 7.79. The molecule has 28 heavy (non-hydrogen) atoms.